The summed E-state index contributed by atoms with van der Waals surface area (Å²) in [4.78, 5) is 0. The summed E-state index contributed by atoms with van der Waals surface area (Å²) < 4.78 is 0. The van der Waals surface area contributed by atoms with E-state index in [1.165, 1.54) is 43.2 Å². The highest BCUT2D eigenvalue weighted by atomic mass is 14.9. The second-order valence-electron chi connectivity index (χ2n) is 5.68. The molecule has 1 nitrogen and oxygen atoms in total. The van der Waals surface area contributed by atoms with Gasteiger partial charge in [0, 0.05) is 12.6 Å². The highest BCUT2D eigenvalue weighted by Gasteiger charge is 2.15. The number of nitrogens with one attached hydrogen (secondary N) is 1. The Labute approximate surface area is 106 Å². The first kappa shape index (κ1) is 12.6. The van der Waals surface area contributed by atoms with Gasteiger partial charge in [0.05, 0.1) is 0 Å². The first-order chi connectivity index (χ1) is 8.24. The van der Waals surface area contributed by atoms with E-state index in [9.17, 15) is 0 Å². The molecule has 0 heterocycles. The first-order valence-corrected chi connectivity index (χ1v) is 7.03. The van der Waals surface area contributed by atoms with E-state index in [0.717, 1.165) is 18.5 Å². The maximum Gasteiger partial charge on any atom is 0.0208 e. The number of rotatable bonds is 3. The molecule has 94 valence electrons. The monoisotopic (exact) mass is 231 g/mol. The van der Waals surface area contributed by atoms with E-state index >= 15 is 0 Å². The zero-order chi connectivity index (χ0) is 12.1. The Morgan fingerprint density at radius 1 is 1.18 bits per heavy atom. The van der Waals surface area contributed by atoms with Gasteiger partial charge in [0.2, 0.25) is 0 Å². The van der Waals surface area contributed by atoms with Crippen molar-refractivity contribution in [2.45, 2.75) is 58.5 Å². The number of aryl methyl sites for hydroxylation is 1. The van der Waals surface area contributed by atoms with E-state index in [1.54, 1.807) is 0 Å². The number of hydrogen-bond donors (Lipinski definition) is 1. The van der Waals surface area contributed by atoms with Crippen LogP contribution in [-0.2, 0) is 6.54 Å². The lowest BCUT2D eigenvalue weighted by Gasteiger charge is -2.16. The van der Waals surface area contributed by atoms with Gasteiger partial charge in [-0.1, -0.05) is 49.6 Å². The lowest BCUT2D eigenvalue weighted by Crippen LogP contribution is -2.27. The minimum Gasteiger partial charge on any atom is -0.310 e. The quantitative estimate of drug-likeness (QED) is 0.774. The molecule has 0 spiro atoms. The molecule has 1 aromatic carbocycles. The second kappa shape index (κ2) is 6.20. The molecule has 0 bridgehead atoms. The predicted octanol–water partition coefficient (Wildman–Crippen LogP) is 4.05. The molecule has 17 heavy (non-hydrogen) atoms. The van der Waals surface area contributed by atoms with Gasteiger partial charge in [-0.2, -0.15) is 0 Å². The Balaban J connectivity index is 1.81. The normalized spacial score (nSPS) is 25.5. The fraction of sp³-hybridized carbons (Fsp3) is 0.625. The summed E-state index contributed by atoms with van der Waals surface area (Å²) in [6.07, 6.45) is 6.92. The van der Waals surface area contributed by atoms with Crippen molar-refractivity contribution in [3.8, 4) is 0 Å². The lowest BCUT2D eigenvalue weighted by molar-refractivity contribution is 0.447. The largest absolute Gasteiger partial charge is 0.310 e. The SMILES string of the molecule is Cc1cccc(CNC2CCCC(C)CC2)c1. The van der Waals surface area contributed by atoms with Crippen LogP contribution in [-0.4, -0.2) is 6.04 Å². The van der Waals surface area contributed by atoms with Crippen molar-refractivity contribution in [1.29, 1.82) is 0 Å². The molecule has 1 N–H and O–H groups in total. The van der Waals surface area contributed by atoms with Crippen LogP contribution in [0.3, 0.4) is 0 Å². The minimum absolute atomic E-state index is 0.737. The minimum atomic E-state index is 0.737. The molecule has 2 atom stereocenters. The van der Waals surface area contributed by atoms with E-state index in [-0.39, 0.29) is 0 Å². The van der Waals surface area contributed by atoms with Crippen LogP contribution in [0.4, 0.5) is 0 Å². The summed E-state index contributed by atoms with van der Waals surface area (Å²) in [5.74, 6) is 0.931. The van der Waals surface area contributed by atoms with Crippen LogP contribution in [0.15, 0.2) is 24.3 Å². The van der Waals surface area contributed by atoms with Crippen LogP contribution in [0, 0.1) is 12.8 Å². The van der Waals surface area contributed by atoms with Gasteiger partial charge in [-0.3, -0.25) is 0 Å². The molecule has 1 saturated carbocycles. The molecule has 1 aromatic rings. The smallest absolute Gasteiger partial charge is 0.0208 e. The van der Waals surface area contributed by atoms with Gasteiger partial charge >= 0.3 is 0 Å². The maximum atomic E-state index is 3.73. The molecule has 0 aliphatic heterocycles. The fourth-order valence-corrected chi connectivity index (χ4v) is 2.78. The highest BCUT2D eigenvalue weighted by molar-refractivity contribution is 5.22. The molecule has 1 aliphatic carbocycles. The van der Waals surface area contributed by atoms with Crippen LogP contribution in [0.25, 0.3) is 0 Å². The van der Waals surface area contributed by atoms with Crippen molar-refractivity contribution >= 4 is 0 Å². The maximum absolute atomic E-state index is 3.73. The van der Waals surface area contributed by atoms with Crippen LogP contribution in [0.2, 0.25) is 0 Å². The van der Waals surface area contributed by atoms with Gasteiger partial charge in [0.15, 0.2) is 0 Å². The Bertz CT molecular complexity index is 345. The third-order valence-corrected chi connectivity index (χ3v) is 3.93. The van der Waals surface area contributed by atoms with Crippen molar-refractivity contribution < 1.29 is 0 Å². The first-order valence-electron chi connectivity index (χ1n) is 7.03. The average Bonchev–Trinajstić information content (AvgIpc) is 2.52. The van der Waals surface area contributed by atoms with Crippen molar-refractivity contribution in [1.82, 2.24) is 5.32 Å². The van der Waals surface area contributed by atoms with Crippen molar-refractivity contribution in [2.75, 3.05) is 0 Å². The highest BCUT2D eigenvalue weighted by Crippen LogP contribution is 2.22. The zero-order valence-corrected chi connectivity index (χ0v) is 11.2. The number of benzene rings is 1. The van der Waals surface area contributed by atoms with Crippen LogP contribution in [0.1, 0.15) is 50.2 Å². The van der Waals surface area contributed by atoms with Gasteiger partial charge in [0.25, 0.3) is 0 Å². The van der Waals surface area contributed by atoms with Gasteiger partial charge in [-0.05, 0) is 37.7 Å². The summed E-state index contributed by atoms with van der Waals surface area (Å²) in [7, 11) is 0. The topological polar surface area (TPSA) is 12.0 Å². The van der Waals surface area contributed by atoms with Crippen molar-refractivity contribution in [3.63, 3.8) is 0 Å². The van der Waals surface area contributed by atoms with Crippen LogP contribution >= 0.6 is 0 Å². The van der Waals surface area contributed by atoms with Gasteiger partial charge in [-0.25, -0.2) is 0 Å². The van der Waals surface area contributed by atoms with E-state index < -0.39 is 0 Å². The van der Waals surface area contributed by atoms with E-state index in [0.29, 0.717) is 0 Å². The summed E-state index contributed by atoms with van der Waals surface area (Å²) in [6.45, 7) is 5.58. The lowest BCUT2D eigenvalue weighted by atomic mass is 10.0. The molecule has 0 amide bonds. The molecule has 1 heteroatoms. The Hall–Kier alpha value is -0.820. The third-order valence-electron chi connectivity index (χ3n) is 3.93. The molecule has 2 rings (SSSR count). The molecule has 0 saturated heterocycles. The van der Waals surface area contributed by atoms with E-state index in [4.69, 9.17) is 0 Å². The van der Waals surface area contributed by atoms with Gasteiger partial charge in [-0.15, -0.1) is 0 Å². The Kier molecular flexibility index (Phi) is 4.61. The van der Waals surface area contributed by atoms with Crippen molar-refractivity contribution in [2.24, 2.45) is 5.92 Å². The second-order valence-corrected chi connectivity index (χ2v) is 5.68. The molecule has 0 aromatic heterocycles. The molecule has 2 unspecified atom stereocenters. The van der Waals surface area contributed by atoms with Crippen molar-refractivity contribution in [3.05, 3.63) is 35.4 Å². The zero-order valence-electron chi connectivity index (χ0n) is 11.2. The molecular formula is C16H25N. The van der Waals surface area contributed by atoms with Gasteiger partial charge in [0.1, 0.15) is 0 Å². The summed E-state index contributed by atoms with van der Waals surface area (Å²) in [5.41, 5.74) is 2.78. The summed E-state index contributed by atoms with van der Waals surface area (Å²) >= 11 is 0. The van der Waals surface area contributed by atoms with Gasteiger partial charge < -0.3 is 5.32 Å². The Morgan fingerprint density at radius 3 is 2.88 bits per heavy atom. The van der Waals surface area contributed by atoms with E-state index in [1.807, 2.05) is 0 Å². The molecule has 1 fully saturated rings. The van der Waals surface area contributed by atoms with Crippen LogP contribution < -0.4 is 5.32 Å². The van der Waals surface area contributed by atoms with Crippen LogP contribution in [0.5, 0.6) is 0 Å². The third kappa shape index (κ3) is 4.16. The predicted molar refractivity (Wildman–Crippen MR) is 74.1 cm³/mol. The van der Waals surface area contributed by atoms with E-state index in [2.05, 4.69) is 43.4 Å². The number of hydrogen-bond acceptors (Lipinski definition) is 1. The Morgan fingerprint density at radius 2 is 2.06 bits per heavy atom. The molecule has 1 aliphatic rings. The fourth-order valence-electron chi connectivity index (χ4n) is 2.78. The molecular weight excluding hydrogens is 206 g/mol. The molecule has 0 radical (unpaired) electrons. The standard InChI is InChI=1S/C16H25N/c1-13-5-4-8-16(10-9-13)17-12-15-7-3-6-14(2)11-15/h3,6-7,11,13,16-17H,4-5,8-10,12H2,1-2H3. The average molecular weight is 231 g/mol. The summed E-state index contributed by atoms with van der Waals surface area (Å²) in [5, 5.41) is 3.73. The summed E-state index contributed by atoms with van der Waals surface area (Å²) in [6, 6.07) is 9.56.